The quantitative estimate of drug-likeness (QED) is 0.722. The molecule has 0 radical (unpaired) electrons. The van der Waals surface area contributed by atoms with Crippen LogP contribution in [0.4, 0.5) is 10.5 Å². The predicted molar refractivity (Wildman–Crippen MR) is 67.3 cm³/mol. The molecule has 1 rings (SSSR count). The molecule has 0 aliphatic rings. The molecular formula is C12H15N3O3. The molecule has 1 aromatic carbocycles. The first-order chi connectivity index (χ1) is 8.50. The number of nitrogens with two attached hydrogens (primary N) is 1. The van der Waals surface area contributed by atoms with E-state index in [0.29, 0.717) is 5.69 Å². The highest BCUT2D eigenvalue weighted by Gasteiger charge is 2.09. The number of benzene rings is 1. The number of urea groups is 1. The Morgan fingerprint density at radius 3 is 2.50 bits per heavy atom. The van der Waals surface area contributed by atoms with Crippen LogP contribution < -0.4 is 16.4 Å². The minimum absolute atomic E-state index is 0.00663. The molecule has 0 unspecified atom stereocenters. The van der Waals surface area contributed by atoms with Crippen LogP contribution in [0.5, 0.6) is 0 Å². The van der Waals surface area contributed by atoms with E-state index in [1.807, 2.05) is 0 Å². The fourth-order valence-electron chi connectivity index (χ4n) is 1.33. The van der Waals surface area contributed by atoms with Crippen LogP contribution in [-0.4, -0.2) is 24.3 Å². The van der Waals surface area contributed by atoms with Crippen LogP contribution in [-0.2, 0) is 4.79 Å². The van der Waals surface area contributed by atoms with Crippen molar-refractivity contribution < 1.29 is 14.4 Å². The predicted octanol–water partition coefficient (Wildman–Crippen LogP) is 0.886. The van der Waals surface area contributed by atoms with E-state index >= 15 is 0 Å². The summed E-state index contributed by atoms with van der Waals surface area (Å²) in [7, 11) is 0. The molecular weight excluding hydrogens is 234 g/mol. The number of rotatable bonds is 5. The molecule has 0 aromatic heterocycles. The topological polar surface area (TPSA) is 101 Å². The summed E-state index contributed by atoms with van der Waals surface area (Å²) in [5.74, 6) is -0.623. The average Bonchev–Trinajstić information content (AvgIpc) is 2.28. The maximum Gasteiger partial charge on any atom is 0.319 e. The second kappa shape index (κ2) is 6.39. The van der Waals surface area contributed by atoms with E-state index in [1.165, 1.54) is 13.0 Å². The van der Waals surface area contributed by atoms with Crippen LogP contribution in [0.15, 0.2) is 24.3 Å². The van der Waals surface area contributed by atoms with Crippen LogP contribution in [0.1, 0.15) is 23.7 Å². The minimum atomic E-state index is -0.616. The van der Waals surface area contributed by atoms with Crippen LogP contribution >= 0.6 is 0 Å². The Hall–Kier alpha value is -2.37. The lowest BCUT2D eigenvalue weighted by molar-refractivity contribution is -0.116. The van der Waals surface area contributed by atoms with E-state index in [0.717, 1.165) is 0 Å². The van der Waals surface area contributed by atoms with Crippen molar-refractivity contribution in [2.24, 2.45) is 5.73 Å². The first-order valence-electron chi connectivity index (χ1n) is 5.44. The van der Waals surface area contributed by atoms with Gasteiger partial charge in [-0.25, -0.2) is 4.79 Å². The normalized spacial score (nSPS) is 9.61. The van der Waals surface area contributed by atoms with Gasteiger partial charge in [-0.15, -0.1) is 0 Å². The summed E-state index contributed by atoms with van der Waals surface area (Å²) in [6, 6.07) is 5.94. The molecule has 0 atom stereocenters. The van der Waals surface area contributed by atoms with E-state index in [2.05, 4.69) is 10.6 Å². The first kappa shape index (κ1) is 13.7. The number of para-hydroxylation sites is 1. The molecule has 3 amide bonds. The third kappa shape index (κ3) is 4.25. The number of primary amides is 1. The zero-order valence-corrected chi connectivity index (χ0v) is 10.0. The van der Waals surface area contributed by atoms with Gasteiger partial charge < -0.3 is 16.4 Å². The highest BCUT2D eigenvalue weighted by molar-refractivity contribution is 6.02. The number of hydrogen-bond acceptors (Lipinski definition) is 3. The molecule has 0 saturated heterocycles. The number of anilines is 1. The number of ketones is 1. The van der Waals surface area contributed by atoms with Crippen molar-refractivity contribution in [2.45, 2.75) is 13.3 Å². The van der Waals surface area contributed by atoms with Crippen molar-refractivity contribution >= 4 is 23.4 Å². The molecule has 0 fully saturated rings. The molecule has 6 heteroatoms. The number of amides is 3. The van der Waals surface area contributed by atoms with E-state index in [1.54, 1.807) is 18.2 Å². The van der Waals surface area contributed by atoms with Gasteiger partial charge in [-0.1, -0.05) is 12.1 Å². The van der Waals surface area contributed by atoms with Gasteiger partial charge in [-0.05, 0) is 19.1 Å². The number of Topliss-reactive ketones (excluding diaryl/α,β-unsaturated/α-hetero) is 1. The van der Waals surface area contributed by atoms with Gasteiger partial charge in [0.25, 0.3) is 5.91 Å². The van der Waals surface area contributed by atoms with Crippen molar-refractivity contribution in [1.29, 1.82) is 0 Å². The molecule has 0 spiro atoms. The SMILES string of the molecule is CC(=O)CCNC(=O)Nc1ccccc1C(N)=O. The minimum Gasteiger partial charge on any atom is -0.366 e. The second-order valence-electron chi connectivity index (χ2n) is 3.74. The summed E-state index contributed by atoms with van der Waals surface area (Å²) in [6.07, 6.45) is 0.269. The third-order valence-corrected chi connectivity index (χ3v) is 2.20. The Labute approximate surface area is 105 Å². The van der Waals surface area contributed by atoms with E-state index in [9.17, 15) is 14.4 Å². The highest BCUT2D eigenvalue weighted by Crippen LogP contribution is 2.13. The van der Waals surface area contributed by atoms with Crippen molar-refractivity contribution in [3.8, 4) is 0 Å². The van der Waals surface area contributed by atoms with Crippen molar-refractivity contribution in [1.82, 2.24) is 5.32 Å². The summed E-state index contributed by atoms with van der Waals surface area (Å²) < 4.78 is 0. The van der Waals surface area contributed by atoms with Gasteiger partial charge in [-0.2, -0.15) is 0 Å². The smallest absolute Gasteiger partial charge is 0.319 e. The van der Waals surface area contributed by atoms with Gasteiger partial charge in [-0.3, -0.25) is 9.59 Å². The van der Waals surface area contributed by atoms with Crippen molar-refractivity contribution in [3.05, 3.63) is 29.8 Å². The third-order valence-electron chi connectivity index (χ3n) is 2.20. The van der Waals surface area contributed by atoms with Gasteiger partial charge in [0.15, 0.2) is 0 Å². The molecule has 96 valence electrons. The molecule has 0 bridgehead atoms. The Balaban J connectivity index is 2.59. The molecule has 0 heterocycles. The molecule has 0 aliphatic carbocycles. The molecule has 1 aromatic rings. The summed E-state index contributed by atoms with van der Waals surface area (Å²) in [5, 5.41) is 5.01. The van der Waals surface area contributed by atoms with Crippen molar-refractivity contribution in [3.63, 3.8) is 0 Å². The Kier molecular flexibility index (Phi) is 4.86. The number of nitrogens with one attached hydrogen (secondary N) is 2. The summed E-state index contributed by atoms with van der Waals surface area (Å²) in [6.45, 7) is 1.70. The van der Waals surface area contributed by atoms with Crippen molar-refractivity contribution in [2.75, 3.05) is 11.9 Å². The standard InChI is InChI=1S/C12H15N3O3/c1-8(16)6-7-14-12(18)15-10-5-3-2-4-9(10)11(13)17/h2-5H,6-7H2,1H3,(H2,13,17)(H2,14,15,18). The fourth-order valence-corrected chi connectivity index (χ4v) is 1.33. The fraction of sp³-hybridized carbons (Fsp3) is 0.250. The molecule has 6 nitrogen and oxygen atoms in total. The second-order valence-corrected chi connectivity index (χ2v) is 3.74. The summed E-state index contributed by atoms with van der Waals surface area (Å²) in [5.41, 5.74) is 5.75. The highest BCUT2D eigenvalue weighted by atomic mass is 16.2. The largest absolute Gasteiger partial charge is 0.366 e. The van der Waals surface area contributed by atoms with E-state index < -0.39 is 11.9 Å². The Morgan fingerprint density at radius 1 is 1.22 bits per heavy atom. The summed E-state index contributed by atoms with van der Waals surface area (Å²) in [4.78, 5) is 33.3. The Bertz CT molecular complexity index is 471. The monoisotopic (exact) mass is 249 g/mol. The van der Waals surface area contributed by atoms with E-state index in [4.69, 9.17) is 5.73 Å². The van der Waals surface area contributed by atoms with Crippen LogP contribution in [0.3, 0.4) is 0 Å². The number of hydrogen-bond donors (Lipinski definition) is 3. The maximum atomic E-state index is 11.5. The van der Waals surface area contributed by atoms with Gasteiger partial charge >= 0.3 is 6.03 Å². The number of carbonyl (C=O) groups is 3. The molecule has 0 saturated carbocycles. The van der Waals surface area contributed by atoms with Gasteiger partial charge in [0.05, 0.1) is 11.3 Å². The lowest BCUT2D eigenvalue weighted by Gasteiger charge is -2.09. The maximum absolute atomic E-state index is 11.5. The van der Waals surface area contributed by atoms with Gasteiger partial charge in [0.1, 0.15) is 5.78 Å². The lowest BCUT2D eigenvalue weighted by atomic mass is 10.1. The molecule has 4 N–H and O–H groups in total. The van der Waals surface area contributed by atoms with Crippen LogP contribution in [0.25, 0.3) is 0 Å². The molecule has 0 aliphatic heterocycles. The zero-order chi connectivity index (χ0) is 13.5. The lowest BCUT2D eigenvalue weighted by Crippen LogP contribution is -2.31. The zero-order valence-electron chi connectivity index (χ0n) is 10.0. The van der Waals surface area contributed by atoms with Crippen LogP contribution in [0, 0.1) is 0 Å². The average molecular weight is 249 g/mol. The Morgan fingerprint density at radius 2 is 1.89 bits per heavy atom. The van der Waals surface area contributed by atoms with Crippen LogP contribution in [0.2, 0.25) is 0 Å². The van der Waals surface area contributed by atoms with Gasteiger partial charge in [0, 0.05) is 13.0 Å². The summed E-state index contributed by atoms with van der Waals surface area (Å²) >= 11 is 0. The molecule has 18 heavy (non-hydrogen) atoms. The number of carbonyl (C=O) groups excluding carboxylic acids is 3. The van der Waals surface area contributed by atoms with E-state index in [-0.39, 0.29) is 24.3 Å². The van der Waals surface area contributed by atoms with Gasteiger partial charge in [0.2, 0.25) is 0 Å². The first-order valence-corrected chi connectivity index (χ1v) is 5.44.